The first-order chi connectivity index (χ1) is 4.00. The van der Waals surface area contributed by atoms with Crippen LogP contribution >= 0.6 is 15.6 Å². The predicted octanol–water partition coefficient (Wildman–Crippen LogP) is -5.15. The van der Waals surface area contributed by atoms with E-state index in [1.165, 1.54) is 0 Å². The predicted molar refractivity (Wildman–Crippen MR) is 31.2 cm³/mol. The van der Waals surface area contributed by atoms with E-state index >= 15 is 0 Å². The van der Waals surface area contributed by atoms with Gasteiger partial charge in [0, 0.05) is 0 Å². The summed E-state index contributed by atoms with van der Waals surface area (Å²) in [6.07, 6.45) is 0. The molecule has 64 valence electrons. The van der Waals surface area contributed by atoms with E-state index in [4.69, 9.17) is 38.5 Å². The third-order valence-electron chi connectivity index (χ3n) is 0. The minimum atomic E-state index is -5.14. The Hall–Kier alpha value is 3.18. The molecule has 0 heterocycles. The van der Waals surface area contributed by atoms with Crippen LogP contribution in [0.15, 0.2) is 0 Å². The Morgan fingerprint density at radius 3 is 0.750 bits per heavy atom. The van der Waals surface area contributed by atoms with Crippen LogP contribution in [0.3, 0.4) is 0 Å². The Bertz CT molecular complexity index is 127. The van der Waals surface area contributed by atoms with Crippen molar-refractivity contribution < 1.29 is 38.5 Å². The summed E-state index contributed by atoms with van der Waals surface area (Å²) in [5, 5.41) is 0. The van der Waals surface area contributed by atoms with Gasteiger partial charge in [0.05, 0.1) is 15.6 Å². The summed E-state index contributed by atoms with van der Waals surface area (Å²) in [6, 6.07) is 0. The Kier molecular flexibility index (Phi) is 21.8. The van der Waals surface area contributed by atoms with Crippen LogP contribution < -0.4 is 19.6 Å². The zero-order valence-corrected chi connectivity index (χ0v) is 14.4. The molecule has 0 aromatic carbocycles. The molecule has 12 heavy (non-hydrogen) atoms. The molecule has 12 heteroatoms. The first kappa shape index (κ1) is 24.4. The van der Waals surface area contributed by atoms with Gasteiger partial charge in [-0.1, -0.05) is 0 Å². The number of phosphoric acid groups is 2. The third kappa shape index (κ3) is 193. The average molecular weight is 367 g/mol. The van der Waals surface area contributed by atoms with Crippen LogP contribution in [0.1, 0.15) is 0 Å². The minimum Gasteiger partial charge on any atom is -0.790 e. The fourth-order valence-electron chi connectivity index (χ4n) is 0. The van der Waals surface area contributed by atoms with Gasteiger partial charge in [-0.3, -0.25) is 0 Å². The molecule has 0 amide bonds. The summed E-state index contributed by atoms with van der Waals surface area (Å²) in [5.74, 6) is 0. The van der Waals surface area contributed by atoms with Crippen LogP contribution in [0, 0.1) is 0 Å². The molecule has 0 radical (unpaired) electrons. The summed E-state index contributed by atoms with van der Waals surface area (Å²) in [6.45, 7) is 0. The maximum absolute atomic E-state index is 8.66. The molecule has 0 aliphatic carbocycles. The van der Waals surface area contributed by atoms with Crippen LogP contribution in [0.4, 0.5) is 0 Å². The SMILES string of the molecule is O=P([O-])([O-])O.O=P([O-])([O-])O.[Sr+2].[Sr+2]. The van der Waals surface area contributed by atoms with Crippen molar-refractivity contribution in [3.63, 3.8) is 0 Å². The molecule has 0 bridgehead atoms. The maximum atomic E-state index is 8.66. The second-order valence-electron chi connectivity index (χ2n) is 0.937. The molecule has 0 rings (SSSR count). The van der Waals surface area contributed by atoms with E-state index in [0.717, 1.165) is 0 Å². The molecule has 0 aliphatic rings. The fourth-order valence-corrected chi connectivity index (χ4v) is 0. The van der Waals surface area contributed by atoms with E-state index in [9.17, 15) is 0 Å². The number of hydrogen-bond acceptors (Lipinski definition) is 6. The van der Waals surface area contributed by atoms with Gasteiger partial charge in [0.1, 0.15) is 0 Å². The molecule has 0 aliphatic heterocycles. The van der Waals surface area contributed by atoms with Crippen LogP contribution in [-0.4, -0.2) is 101 Å². The molecule has 0 atom stereocenters. The Morgan fingerprint density at radius 1 is 0.750 bits per heavy atom. The Labute approximate surface area is 142 Å². The van der Waals surface area contributed by atoms with Crippen LogP contribution in [0.5, 0.6) is 0 Å². The standard InChI is InChI=1S/2H3O4P.2Sr/c2*1-5(2,3)4;;/h2*(H3,1,2,3,4);;/q;;2*+2/p-4. The van der Waals surface area contributed by atoms with Crippen molar-refractivity contribution in [1.29, 1.82) is 0 Å². The van der Waals surface area contributed by atoms with Crippen molar-refractivity contribution in [3.05, 3.63) is 0 Å². The van der Waals surface area contributed by atoms with Crippen molar-refractivity contribution in [1.82, 2.24) is 0 Å². The second-order valence-corrected chi connectivity index (χ2v) is 2.81. The van der Waals surface area contributed by atoms with E-state index in [0.29, 0.717) is 0 Å². The molecular formula is H2O8P2Sr2. The smallest absolute Gasteiger partial charge is 0.790 e. The molecular weight excluding hydrogens is 365 g/mol. The Morgan fingerprint density at radius 2 is 0.750 bits per heavy atom. The second kappa shape index (κ2) is 10.7. The van der Waals surface area contributed by atoms with Crippen molar-refractivity contribution in [2.24, 2.45) is 0 Å². The van der Waals surface area contributed by atoms with Gasteiger partial charge in [-0.05, 0) is 0 Å². The van der Waals surface area contributed by atoms with Gasteiger partial charge < -0.3 is 38.5 Å². The van der Waals surface area contributed by atoms with E-state index in [2.05, 4.69) is 0 Å². The zero-order chi connectivity index (χ0) is 9.00. The van der Waals surface area contributed by atoms with E-state index in [1.807, 2.05) is 0 Å². The van der Waals surface area contributed by atoms with Crippen molar-refractivity contribution in [2.75, 3.05) is 0 Å². The molecule has 2 N–H and O–H groups in total. The van der Waals surface area contributed by atoms with E-state index < -0.39 is 15.6 Å². The molecule has 0 aromatic heterocycles. The van der Waals surface area contributed by atoms with Gasteiger partial charge >= 0.3 is 91.0 Å². The summed E-state index contributed by atoms with van der Waals surface area (Å²) < 4.78 is 17.3. The van der Waals surface area contributed by atoms with Gasteiger partial charge in [-0.15, -0.1) is 0 Å². The quantitative estimate of drug-likeness (QED) is 0.317. The molecule has 0 fully saturated rings. The van der Waals surface area contributed by atoms with Gasteiger partial charge in [0.25, 0.3) is 0 Å². The number of hydrogen-bond donors (Lipinski definition) is 2. The molecule has 0 aromatic rings. The molecule has 0 spiro atoms. The van der Waals surface area contributed by atoms with E-state index in [-0.39, 0.29) is 91.0 Å². The summed E-state index contributed by atoms with van der Waals surface area (Å²) in [5.41, 5.74) is 0. The molecule has 8 nitrogen and oxygen atoms in total. The average Bonchev–Trinajstić information content (AvgIpc) is 1.12. The van der Waals surface area contributed by atoms with Crippen LogP contribution in [0.25, 0.3) is 0 Å². The van der Waals surface area contributed by atoms with Crippen molar-refractivity contribution in [2.45, 2.75) is 0 Å². The monoisotopic (exact) mass is 368 g/mol. The minimum absolute atomic E-state index is 0. The topological polar surface area (TPSA) is 167 Å². The van der Waals surface area contributed by atoms with Gasteiger partial charge in [0.2, 0.25) is 0 Å². The summed E-state index contributed by atoms with van der Waals surface area (Å²) in [7, 11) is -10.3. The fraction of sp³-hybridized carbons (Fsp3) is 0. The van der Waals surface area contributed by atoms with Crippen LogP contribution in [0.2, 0.25) is 0 Å². The summed E-state index contributed by atoms with van der Waals surface area (Å²) in [4.78, 5) is 48.6. The van der Waals surface area contributed by atoms with Crippen molar-refractivity contribution in [3.8, 4) is 0 Å². The van der Waals surface area contributed by atoms with Crippen molar-refractivity contribution >= 4 is 107 Å². The normalized spacial score (nSPS) is 9.83. The van der Waals surface area contributed by atoms with Gasteiger partial charge in [0.15, 0.2) is 0 Å². The Balaban J connectivity index is -0.0000000457. The largest absolute Gasteiger partial charge is 2.00 e. The van der Waals surface area contributed by atoms with Gasteiger partial charge in [-0.25, -0.2) is 0 Å². The molecule has 0 unspecified atom stereocenters. The first-order valence-corrected chi connectivity index (χ1v) is 4.49. The molecule has 0 saturated heterocycles. The summed E-state index contributed by atoms with van der Waals surface area (Å²) >= 11 is 0. The zero-order valence-electron chi connectivity index (χ0n) is 5.65. The van der Waals surface area contributed by atoms with Gasteiger partial charge in [-0.2, -0.15) is 0 Å². The first-order valence-electron chi connectivity index (χ1n) is 1.50. The third-order valence-corrected chi connectivity index (χ3v) is 0. The van der Waals surface area contributed by atoms with E-state index in [1.54, 1.807) is 0 Å². The molecule has 0 saturated carbocycles. The number of rotatable bonds is 0. The van der Waals surface area contributed by atoms with Crippen LogP contribution in [-0.2, 0) is 9.13 Å². The maximum Gasteiger partial charge on any atom is 2.00 e.